The largest absolute Gasteiger partial charge is 0.493 e. The Kier molecular flexibility index (Phi) is 9.85. The lowest BCUT2D eigenvalue weighted by Gasteiger charge is -2.27. The number of aliphatic imine (C=N–C) groups is 1. The van der Waals surface area contributed by atoms with Crippen molar-refractivity contribution in [2.24, 2.45) is 10.9 Å². The normalized spacial score (nSPS) is 21.9. The SMILES string of the molecule is CCNC(=NCC1CCOc2ccccc21)N1CCC(CN(CC)CC)C1.I. The van der Waals surface area contributed by atoms with Gasteiger partial charge >= 0.3 is 0 Å². The zero-order valence-corrected chi connectivity index (χ0v) is 20.0. The molecule has 2 aliphatic heterocycles. The molecule has 1 N–H and O–H groups in total. The maximum Gasteiger partial charge on any atom is 0.193 e. The zero-order valence-electron chi connectivity index (χ0n) is 17.7. The molecule has 158 valence electrons. The topological polar surface area (TPSA) is 40.1 Å². The van der Waals surface area contributed by atoms with E-state index in [0.29, 0.717) is 5.92 Å². The molecule has 0 aliphatic carbocycles. The molecule has 28 heavy (non-hydrogen) atoms. The Morgan fingerprint density at radius 3 is 2.75 bits per heavy atom. The fourth-order valence-electron chi connectivity index (χ4n) is 4.25. The molecule has 1 aromatic carbocycles. The molecule has 0 spiro atoms. The number of fused-ring (bicyclic) bond motifs is 1. The number of halogens is 1. The maximum absolute atomic E-state index is 5.80. The molecule has 5 nitrogen and oxygen atoms in total. The van der Waals surface area contributed by atoms with Crippen molar-refractivity contribution in [1.82, 2.24) is 15.1 Å². The van der Waals surface area contributed by atoms with E-state index >= 15 is 0 Å². The predicted molar refractivity (Wildman–Crippen MR) is 128 cm³/mol. The van der Waals surface area contributed by atoms with Gasteiger partial charge < -0.3 is 19.9 Å². The van der Waals surface area contributed by atoms with Gasteiger partial charge in [0.15, 0.2) is 5.96 Å². The number of ether oxygens (including phenoxy) is 1. The first-order chi connectivity index (χ1) is 13.2. The molecule has 0 radical (unpaired) electrons. The van der Waals surface area contributed by atoms with Gasteiger partial charge in [-0.1, -0.05) is 32.0 Å². The van der Waals surface area contributed by atoms with Gasteiger partial charge in [0.25, 0.3) is 0 Å². The highest BCUT2D eigenvalue weighted by atomic mass is 127. The van der Waals surface area contributed by atoms with Crippen LogP contribution in [-0.4, -0.2) is 68.2 Å². The molecule has 3 rings (SSSR count). The van der Waals surface area contributed by atoms with E-state index < -0.39 is 0 Å². The molecule has 2 aliphatic rings. The van der Waals surface area contributed by atoms with Crippen molar-refractivity contribution in [3.8, 4) is 5.75 Å². The van der Waals surface area contributed by atoms with E-state index in [9.17, 15) is 0 Å². The van der Waals surface area contributed by atoms with Crippen molar-refractivity contribution in [2.45, 2.75) is 39.5 Å². The highest BCUT2D eigenvalue weighted by molar-refractivity contribution is 14.0. The number of rotatable bonds is 7. The Bertz CT molecular complexity index is 620. The third-order valence-corrected chi connectivity index (χ3v) is 5.88. The molecule has 6 heteroatoms. The van der Waals surface area contributed by atoms with Crippen molar-refractivity contribution in [3.63, 3.8) is 0 Å². The molecule has 1 aromatic rings. The highest BCUT2D eigenvalue weighted by Gasteiger charge is 2.27. The molecule has 1 saturated heterocycles. The quantitative estimate of drug-likeness (QED) is 0.351. The smallest absolute Gasteiger partial charge is 0.193 e. The van der Waals surface area contributed by atoms with Crippen LogP contribution in [-0.2, 0) is 0 Å². The maximum atomic E-state index is 5.80. The minimum absolute atomic E-state index is 0. The summed E-state index contributed by atoms with van der Waals surface area (Å²) in [6, 6.07) is 8.43. The van der Waals surface area contributed by atoms with E-state index in [1.165, 1.54) is 18.5 Å². The van der Waals surface area contributed by atoms with E-state index in [2.05, 4.69) is 60.2 Å². The van der Waals surface area contributed by atoms with Crippen LogP contribution >= 0.6 is 24.0 Å². The van der Waals surface area contributed by atoms with Crippen molar-refractivity contribution in [1.29, 1.82) is 0 Å². The van der Waals surface area contributed by atoms with Crippen molar-refractivity contribution in [2.75, 3.05) is 52.4 Å². The summed E-state index contributed by atoms with van der Waals surface area (Å²) in [6.07, 6.45) is 2.31. The third kappa shape index (κ3) is 5.99. The summed E-state index contributed by atoms with van der Waals surface area (Å²) >= 11 is 0. The van der Waals surface area contributed by atoms with Crippen LogP contribution in [0.15, 0.2) is 29.3 Å². The molecule has 2 heterocycles. The molecule has 2 atom stereocenters. The summed E-state index contributed by atoms with van der Waals surface area (Å²) in [7, 11) is 0. The summed E-state index contributed by atoms with van der Waals surface area (Å²) in [6.45, 7) is 14.9. The number of likely N-dealkylation sites (tertiary alicyclic amines) is 1. The van der Waals surface area contributed by atoms with E-state index in [1.54, 1.807) is 0 Å². The van der Waals surface area contributed by atoms with Gasteiger partial charge in [-0.15, -0.1) is 24.0 Å². The number of hydrogen-bond donors (Lipinski definition) is 1. The van der Waals surface area contributed by atoms with Crippen LogP contribution in [0.25, 0.3) is 0 Å². The summed E-state index contributed by atoms with van der Waals surface area (Å²) < 4.78 is 5.80. The van der Waals surface area contributed by atoms with Gasteiger partial charge in [0, 0.05) is 38.6 Å². The lowest BCUT2D eigenvalue weighted by Crippen LogP contribution is -2.41. The standard InChI is InChI=1S/C22H36N4O.HI/c1-4-23-22(26-13-11-18(17-26)16-25(5-2)6-3)24-15-19-12-14-27-21-10-8-7-9-20(19)21;/h7-10,18-19H,4-6,11-17H2,1-3H3,(H,23,24);1H. The Morgan fingerprint density at radius 2 is 2.00 bits per heavy atom. The molecule has 0 amide bonds. The van der Waals surface area contributed by atoms with Gasteiger partial charge in [0.2, 0.25) is 0 Å². The first-order valence-corrected chi connectivity index (χ1v) is 10.7. The van der Waals surface area contributed by atoms with Gasteiger partial charge in [0.05, 0.1) is 6.61 Å². The number of para-hydroxylation sites is 1. The molecule has 1 fully saturated rings. The minimum Gasteiger partial charge on any atom is -0.493 e. The Morgan fingerprint density at radius 1 is 1.21 bits per heavy atom. The minimum atomic E-state index is 0. The van der Waals surface area contributed by atoms with E-state index in [0.717, 1.165) is 69.9 Å². The second-order valence-electron chi connectivity index (χ2n) is 7.65. The van der Waals surface area contributed by atoms with Crippen LogP contribution in [0.2, 0.25) is 0 Å². The van der Waals surface area contributed by atoms with Gasteiger partial charge in [-0.05, 0) is 50.4 Å². The summed E-state index contributed by atoms with van der Waals surface area (Å²) in [5, 5.41) is 3.52. The number of hydrogen-bond acceptors (Lipinski definition) is 3. The summed E-state index contributed by atoms with van der Waals surface area (Å²) in [5.41, 5.74) is 1.31. The average Bonchev–Trinajstić information content (AvgIpc) is 3.17. The fraction of sp³-hybridized carbons (Fsp3) is 0.682. The first kappa shape index (κ1) is 23.3. The van der Waals surface area contributed by atoms with Crippen LogP contribution in [0.4, 0.5) is 0 Å². The van der Waals surface area contributed by atoms with Gasteiger partial charge in [0.1, 0.15) is 5.75 Å². The molecule has 0 aromatic heterocycles. The van der Waals surface area contributed by atoms with Gasteiger partial charge in [-0.3, -0.25) is 4.99 Å². The number of guanidine groups is 1. The van der Waals surface area contributed by atoms with E-state index in [4.69, 9.17) is 9.73 Å². The lowest BCUT2D eigenvalue weighted by molar-refractivity contribution is 0.255. The summed E-state index contributed by atoms with van der Waals surface area (Å²) in [4.78, 5) is 10.0. The monoisotopic (exact) mass is 500 g/mol. The van der Waals surface area contributed by atoms with Crippen LogP contribution < -0.4 is 10.1 Å². The Balaban J connectivity index is 0.00000280. The van der Waals surface area contributed by atoms with Crippen LogP contribution in [0.1, 0.15) is 45.1 Å². The molecule has 0 bridgehead atoms. The lowest BCUT2D eigenvalue weighted by atomic mass is 9.93. The van der Waals surface area contributed by atoms with Crippen molar-refractivity contribution in [3.05, 3.63) is 29.8 Å². The predicted octanol–water partition coefficient (Wildman–Crippen LogP) is 3.80. The third-order valence-electron chi connectivity index (χ3n) is 5.88. The van der Waals surface area contributed by atoms with E-state index in [-0.39, 0.29) is 24.0 Å². The van der Waals surface area contributed by atoms with Crippen LogP contribution in [0.5, 0.6) is 5.75 Å². The first-order valence-electron chi connectivity index (χ1n) is 10.7. The number of benzene rings is 1. The number of nitrogens with zero attached hydrogens (tertiary/aromatic N) is 3. The van der Waals surface area contributed by atoms with Crippen LogP contribution in [0.3, 0.4) is 0 Å². The molecule has 2 unspecified atom stereocenters. The van der Waals surface area contributed by atoms with E-state index in [1.807, 2.05) is 0 Å². The highest BCUT2D eigenvalue weighted by Crippen LogP contribution is 2.33. The second kappa shape index (κ2) is 11.9. The Hall–Kier alpha value is -1.02. The summed E-state index contributed by atoms with van der Waals surface area (Å²) in [5.74, 6) is 3.33. The van der Waals surface area contributed by atoms with Gasteiger partial charge in [-0.25, -0.2) is 0 Å². The molecular formula is C22H37IN4O. The van der Waals surface area contributed by atoms with Crippen molar-refractivity contribution >= 4 is 29.9 Å². The molecule has 0 saturated carbocycles. The van der Waals surface area contributed by atoms with Crippen molar-refractivity contribution < 1.29 is 4.74 Å². The number of nitrogens with one attached hydrogen (secondary N) is 1. The zero-order chi connectivity index (χ0) is 19.1. The van der Waals surface area contributed by atoms with Crippen LogP contribution in [0, 0.1) is 5.92 Å². The fourth-order valence-corrected chi connectivity index (χ4v) is 4.25. The second-order valence-corrected chi connectivity index (χ2v) is 7.65. The average molecular weight is 500 g/mol. The van der Waals surface area contributed by atoms with Gasteiger partial charge in [-0.2, -0.15) is 0 Å². The molecular weight excluding hydrogens is 463 g/mol. The Labute approximate surface area is 187 Å².